The molecular formula is C25H41N2O6+. The molecule has 0 spiro atoms. The molecule has 33 heavy (non-hydrogen) atoms. The number of amides is 1. The van der Waals surface area contributed by atoms with E-state index in [-0.39, 0.29) is 18.1 Å². The zero-order valence-corrected chi connectivity index (χ0v) is 19.9. The number of pyridine rings is 1. The summed E-state index contributed by atoms with van der Waals surface area (Å²) in [5, 5.41) is 20.6. The normalized spacial score (nSPS) is 22.4. The Balaban J connectivity index is 1.60. The number of hydrogen-bond acceptors (Lipinski definition) is 6. The molecule has 1 unspecified atom stereocenters. The molecule has 0 aromatic carbocycles. The summed E-state index contributed by atoms with van der Waals surface area (Å²) in [5.41, 5.74) is 5.54. The van der Waals surface area contributed by atoms with Crippen molar-refractivity contribution in [2.75, 3.05) is 6.61 Å². The summed E-state index contributed by atoms with van der Waals surface area (Å²) < 4.78 is 12.4. The number of hydrogen-bond donors (Lipinski definition) is 3. The van der Waals surface area contributed by atoms with E-state index in [9.17, 15) is 19.8 Å². The summed E-state index contributed by atoms with van der Waals surface area (Å²) in [6.07, 6.45) is 12.5. The number of carbonyl (C=O) groups is 2. The number of carbonyl (C=O) groups excluding carboxylic acids is 2. The summed E-state index contributed by atoms with van der Waals surface area (Å²) in [6, 6.07) is 3.15. The van der Waals surface area contributed by atoms with Crippen molar-refractivity contribution in [3.63, 3.8) is 0 Å². The van der Waals surface area contributed by atoms with Crippen molar-refractivity contribution in [3.05, 3.63) is 30.1 Å². The number of nitrogens with two attached hydrogens (primary N) is 1. The van der Waals surface area contributed by atoms with E-state index in [4.69, 9.17) is 15.2 Å². The van der Waals surface area contributed by atoms with E-state index in [1.54, 1.807) is 18.3 Å². The fourth-order valence-electron chi connectivity index (χ4n) is 4.09. The van der Waals surface area contributed by atoms with E-state index >= 15 is 0 Å². The zero-order chi connectivity index (χ0) is 24.1. The summed E-state index contributed by atoms with van der Waals surface area (Å²) in [7, 11) is 0. The maximum atomic E-state index is 12.0. The Morgan fingerprint density at radius 1 is 1.00 bits per heavy atom. The molecule has 1 aliphatic rings. The molecule has 0 radical (unpaired) electrons. The Hall–Kier alpha value is -2.03. The van der Waals surface area contributed by atoms with E-state index in [0.29, 0.717) is 6.42 Å². The van der Waals surface area contributed by atoms with Crippen molar-refractivity contribution in [1.82, 2.24) is 0 Å². The molecule has 2 rings (SSSR count). The second-order valence-electron chi connectivity index (χ2n) is 8.92. The third-order valence-corrected chi connectivity index (χ3v) is 6.13. The van der Waals surface area contributed by atoms with Crippen LogP contribution in [-0.2, 0) is 14.3 Å². The molecule has 1 aromatic rings. The second kappa shape index (κ2) is 15.0. The predicted molar refractivity (Wildman–Crippen MR) is 123 cm³/mol. The first-order valence-electron chi connectivity index (χ1n) is 12.4. The van der Waals surface area contributed by atoms with Crippen LogP contribution in [0.3, 0.4) is 0 Å². The smallest absolute Gasteiger partial charge is 0.305 e. The van der Waals surface area contributed by atoms with Gasteiger partial charge >= 0.3 is 5.97 Å². The Morgan fingerprint density at radius 2 is 1.61 bits per heavy atom. The van der Waals surface area contributed by atoms with Crippen molar-refractivity contribution >= 4 is 11.9 Å². The largest absolute Gasteiger partial charge is 0.463 e. The molecule has 4 atom stereocenters. The van der Waals surface area contributed by atoms with Gasteiger partial charge in [-0.15, -0.1) is 0 Å². The number of aliphatic hydroxyl groups excluding tert-OH is 2. The monoisotopic (exact) mass is 465 g/mol. The Labute approximate surface area is 197 Å². The van der Waals surface area contributed by atoms with Crippen LogP contribution in [0, 0.1) is 0 Å². The van der Waals surface area contributed by atoms with Crippen LogP contribution in [0.2, 0.25) is 0 Å². The van der Waals surface area contributed by atoms with Gasteiger partial charge in [-0.1, -0.05) is 71.1 Å². The highest BCUT2D eigenvalue weighted by atomic mass is 16.6. The number of aromatic nitrogens is 1. The Morgan fingerprint density at radius 3 is 2.21 bits per heavy atom. The minimum Gasteiger partial charge on any atom is -0.463 e. The van der Waals surface area contributed by atoms with Crippen molar-refractivity contribution in [3.8, 4) is 0 Å². The van der Waals surface area contributed by atoms with Gasteiger partial charge < -0.3 is 25.4 Å². The molecule has 1 aromatic heterocycles. The van der Waals surface area contributed by atoms with Gasteiger partial charge in [0.1, 0.15) is 24.4 Å². The summed E-state index contributed by atoms with van der Waals surface area (Å²) in [4.78, 5) is 23.4. The number of nitrogens with zero attached hydrogens (tertiary/aromatic N) is 1. The SMILES string of the molecule is CCCCCCCCCCCCCC(=O)OC[C@H]1OC([n+]2cccc(C(N)=O)c2)[C@H](O)[C@@H]1O. The molecule has 4 N–H and O–H groups in total. The number of unbranched alkanes of at least 4 members (excludes halogenated alkanes) is 10. The Kier molecular flexibility index (Phi) is 12.4. The fourth-order valence-corrected chi connectivity index (χ4v) is 4.09. The number of primary amides is 1. The first-order valence-corrected chi connectivity index (χ1v) is 12.4. The van der Waals surface area contributed by atoms with Crippen molar-refractivity contribution in [2.45, 2.75) is 109 Å². The van der Waals surface area contributed by atoms with Crippen LogP contribution in [0.25, 0.3) is 0 Å². The topological polar surface area (TPSA) is 123 Å². The minimum atomic E-state index is -1.23. The van der Waals surface area contributed by atoms with Gasteiger partial charge in [-0.25, -0.2) is 0 Å². The fraction of sp³-hybridized carbons (Fsp3) is 0.720. The standard InChI is InChI=1S/C25H40N2O6/c1-2-3-4-5-6-7-8-9-10-11-12-15-21(28)32-18-20-22(29)23(30)25(33-20)27-16-13-14-19(17-27)24(26)31/h13-14,16-17,20,22-23,25,29-30H,2-12,15,18H2,1H3,(H-,26,31)/p+1/t20-,22-,23-,25?/m1/s1. The molecule has 1 aliphatic heterocycles. The average molecular weight is 466 g/mol. The molecule has 1 saturated heterocycles. The van der Waals surface area contributed by atoms with Crippen molar-refractivity contribution in [1.29, 1.82) is 0 Å². The second-order valence-corrected chi connectivity index (χ2v) is 8.92. The lowest BCUT2D eigenvalue weighted by Crippen LogP contribution is -2.46. The van der Waals surface area contributed by atoms with Gasteiger partial charge in [0.2, 0.25) is 0 Å². The Bertz CT molecular complexity index is 729. The first kappa shape index (κ1) is 27.2. The van der Waals surface area contributed by atoms with Gasteiger partial charge in [-0.2, -0.15) is 4.57 Å². The molecule has 0 aliphatic carbocycles. The highest BCUT2D eigenvalue weighted by Gasteiger charge is 2.48. The maximum absolute atomic E-state index is 12.0. The van der Waals surface area contributed by atoms with Crippen molar-refractivity contribution < 1.29 is 33.8 Å². The van der Waals surface area contributed by atoms with Crippen LogP contribution in [0.5, 0.6) is 0 Å². The lowest BCUT2D eigenvalue weighted by Gasteiger charge is -2.13. The zero-order valence-electron chi connectivity index (χ0n) is 19.9. The van der Waals surface area contributed by atoms with Crippen LogP contribution in [-0.4, -0.2) is 47.0 Å². The van der Waals surface area contributed by atoms with Crippen LogP contribution in [0.15, 0.2) is 24.5 Å². The van der Waals surface area contributed by atoms with E-state index in [2.05, 4.69) is 6.92 Å². The quantitative estimate of drug-likeness (QED) is 0.196. The number of rotatable bonds is 16. The van der Waals surface area contributed by atoms with Crippen LogP contribution >= 0.6 is 0 Å². The highest BCUT2D eigenvalue weighted by molar-refractivity contribution is 5.92. The van der Waals surface area contributed by atoms with Crippen molar-refractivity contribution in [2.24, 2.45) is 5.73 Å². The summed E-state index contributed by atoms with van der Waals surface area (Å²) in [6.45, 7) is 2.09. The lowest BCUT2D eigenvalue weighted by atomic mass is 10.1. The van der Waals surface area contributed by atoms with E-state index in [0.717, 1.165) is 19.3 Å². The van der Waals surface area contributed by atoms with Gasteiger partial charge in [-0.05, 0) is 12.5 Å². The first-order chi connectivity index (χ1) is 15.9. The van der Waals surface area contributed by atoms with Crippen LogP contribution in [0.1, 0.15) is 101 Å². The molecule has 0 bridgehead atoms. The van der Waals surface area contributed by atoms with Gasteiger partial charge in [-0.3, -0.25) is 9.59 Å². The third kappa shape index (κ3) is 9.39. The molecule has 8 nitrogen and oxygen atoms in total. The average Bonchev–Trinajstić information content (AvgIpc) is 3.10. The molecular weight excluding hydrogens is 424 g/mol. The number of esters is 1. The maximum Gasteiger partial charge on any atom is 0.305 e. The van der Waals surface area contributed by atoms with Crippen LogP contribution < -0.4 is 10.3 Å². The molecule has 2 heterocycles. The molecule has 0 saturated carbocycles. The summed E-state index contributed by atoms with van der Waals surface area (Å²) >= 11 is 0. The molecule has 1 fully saturated rings. The predicted octanol–water partition coefficient (Wildman–Crippen LogP) is 2.94. The van der Waals surface area contributed by atoms with Crippen LogP contribution in [0.4, 0.5) is 0 Å². The molecule has 186 valence electrons. The third-order valence-electron chi connectivity index (χ3n) is 6.13. The number of aliphatic hydroxyl groups is 2. The van der Waals surface area contributed by atoms with E-state index < -0.39 is 30.4 Å². The molecule has 8 heteroatoms. The van der Waals surface area contributed by atoms with Gasteiger partial charge in [0.15, 0.2) is 18.5 Å². The lowest BCUT2D eigenvalue weighted by molar-refractivity contribution is -0.765. The van der Waals surface area contributed by atoms with Gasteiger partial charge in [0.05, 0.1) is 0 Å². The summed E-state index contributed by atoms with van der Waals surface area (Å²) in [5.74, 6) is -0.937. The van der Waals surface area contributed by atoms with E-state index in [1.165, 1.54) is 62.1 Å². The molecule has 1 amide bonds. The number of ether oxygens (including phenoxy) is 2. The van der Waals surface area contributed by atoms with Gasteiger partial charge in [0, 0.05) is 12.5 Å². The van der Waals surface area contributed by atoms with Gasteiger partial charge in [0.25, 0.3) is 12.1 Å². The minimum absolute atomic E-state index is 0.137. The highest BCUT2D eigenvalue weighted by Crippen LogP contribution is 2.26. The van der Waals surface area contributed by atoms with E-state index in [1.807, 2.05) is 0 Å².